The van der Waals surface area contributed by atoms with Gasteiger partial charge < -0.3 is 4.74 Å². The standard InChI is InChI=1S/C8H4F3NO4/c9-8(10,11)16-7-2-5(4-13)1-6(3-7)12(14)15/h1-4H. The largest absolute Gasteiger partial charge is 0.573 e. The molecular formula is C8H4F3NO4. The molecule has 0 radical (unpaired) electrons. The Morgan fingerprint density at radius 3 is 2.38 bits per heavy atom. The summed E-state index contributed by atoms with van der Waals surface area (Å²) in [7, 11) is 0. The van der Waals surface area contributed by atoms with Crippen molar-refractivity contribution < 1.29 is 27.6 Å². The second-order valence-electron chi connectivity index (χ2n) is 2.68. The van der Waals surface area contributed by atoms with Gasteiger partial charge in [-0.25, -0.2) is 0 Å². The van der Waals surface area contributed by atoms with Gasteiger partial charge in [0.2, 0.25) is 0 Å². The van der Waals surface area contributed by atoms with E-state index in [4.69, 9.17) is 0 Å². The molecule has 0 aromatic heterocycles. The third kappa shape index (κ3) is 3.23. The number of carbonyl (C=O) groups excluding carboxylic acids is 1. The SMILES string of the molecule is O=Cc1cc(OC(F)(F)F)cc([N+](=O)[O-])c1. The fourth-order valence-corrected chi connectivity index (χ4v) is 0.972. The van der Waals surface area contributed by atoms with Gasteiger partial charge in [-0.1, -0.05) is 0 Å². The lowest BCUT2D eigenvalue weighted by Gasteiger charge is -2.08. The first-order valence-corrected chi connectivity index (χ1v) is 3.82. The van der Waals surface area contributed by atoms with E-state index in [0.29, 0.717) is 6.07 Å². The van der Waals surface area contributed by atoms with Crippen LogP contribution >= 0.6 is 0 Å². The van der Waals surface area contributed by atoms with Crippen molar-refractivity contribution in [1.29, 1.82) is 0 Å². The Labute approximate surface area is 86.6 Å². The molecule has 0 saturated carbocycles. The summed E-state index contributed by atoms with van der Waals surface area (Å²) < 4.78 is 39.0. The summed E-state index contributed by atoms with van der Waals surface area (Å²) >= 11 is 0. The summed E-state index contributed by atoms with van der Waals surface area (Å²) in [6, 6.07) is 2.18. The number of nitro benzene ring substituents is 1. The van der Waals surface area contributed by atoms with Crippen molar-refractivity contribution in [1.82, 2.24) is 0 Å². The number of hydrogen-bond donors (Lipinski definition) is 0. The first kappa shape index (κ1) is 12.0. The van der Waals surface area contributed by atoms with Gasteiger partial charge in [0.15, 0.2) is 0 Å². The molecule has 8 heteroatoms. The molecule has 0 fully saturated rings. The van der Waals surface area contributed by atoms with E-state index in [-0.39, 0.29) is 11.8 Å². The number of carbonyl (C=O) groups is 1. The maximum Gasteiger partial charge on any atom is 0.573 e. The molecule has 0 bridgehead atoms. The molecule has 0 saturated heterocycles. The number of alkyl halides is 3. The molecule has 1 aromatic rings. The van der Waals surface area contributed by atoms with Crippen LogP contribution in [-0.2, 0) is 0 Å². The summed E-state index contributed by atoms with van der Waals surface area (Å²) in [5.41, 5.74) is -0.919. The third-order valence-electron chi connectivity index (χ3n) is 1.49. The van der Waals surface area contributed by atoms with Crippen molar-refractivity contribution in [2.75, 3.05) is 0 Å². The number of benzene rings is 1. The van der Waals surface area contributed by atoms with Crippen LogP contribution in [0.4, 0.5) is 18.9 Å². The first-order valence-electron chi connectivity index (χ1n) is 3.82. The van der Waals surface area contributed by atoms with Crippen molar-refractivity contribution in [2.45, 2.75) is 6.36 Å². The van der Waals surface area contributed by atoms with E-state index in [9.17, 15) is 28.1 Å². The Morgan fingerprint density at radius 2 is 1.94 bits per heavy atom. The van der Waals surface area contributed by atoms with E-state index in [1.54, 1.807) is 0 Å². The van der Waals surface area contributed by atoms with Gasteiger partial charge in [0.05, 0.1) is 11.0 Å². The number of aldehydes is 1. The first-order chi connectivity index (χ1) is 7.31. The molecule has 0 spiro atoms. The van der Waals surface area contributed by atoms with E-state index in [1.807, 2.05) is 0 Å². The van der Waals surface area contributed by atoms with Crippen molar-refractivity contribution >= 4 is 12.0 Å². The Balaban J connectivity index is 3.14. The number of nitro groups is 1. The highest BCUT2D eigenvalue weighted by atomic mass is 19.4. The molecule has 0 N–H and O–H groups in total. The molecule has 0 unspecified atom stereocenters. The maximum absolute atomic E-state index is 11.8. The van der Waals surface area contributed by atoms with Gasteiger partial charge >= 0.3 is 6.36 Å². The zero-order chi connectivity index (χ0) is 12.3. The van der Waals surface area contributed by atoms with Crippen LogP contribution in [0.3, 0.4) is 0 Å². The average molecular weight is 235 g/mol. The second-order valence-corrected chi connectivity index (χ2v) is 2.68. The zero-order valence-corrected chi connectivity index (χ0v) is 7.52. The second kappa shape index (κ2) is 4.17. The minimum absolute atomic E-state index is 0.191. The highest BCUT2D eigenvalue weighted by Gasteiger charge is 2.31. The lowest BCUT2D eigenvalue weighted by molar-refractivity contribution is -0.385. The summed E-state index contributed by atoms with van der Waals surface area (Å²) in [6.07, 6.45) is -4.77. The van der Waals surface area contributed by atoms with E-state index in [0.717, 1.165) is 12.1 Å². The van der Waals surface area contributed by atoms with Crippen molar-refractivity contribution in [3.05, 3.63) is 33.9 Å². The van der Waals surface area contributed by atoms with Crippen LogP contribution in [0.2, 0.25) is 0 Å². The minimum Gasteiger partial charge on any atom is -0.406 e. The summed E-state index contributed by atoms with van der Waals surface area (Å²) in [5, 5.41) is 10.3. The number of non-ortho nitro benzene ring substituents is 1. The van der Waals surface area contributed by atoms with Gasteiger partial charge in [0, 0.05) is 11.6 Å². The van der Waals surface area contributed by atoms with Gasteiger partial charge in [-0.15, -0.1) is 13.2 Å². The number of halogens is 3. The van der Waals surface area contributed by atoms with Gasteiger partial charge in [-0.3, -0.25) is 14.9 Å². The van der Waals surface area contributed by atoms with Crippen LogP contribution in [0, 0.1) is 10.1 Å². The predicted molar refractivity (Wildman–Crippen MR) is 45.2 cm³/mol. The fraction of sp³-hybridized carbons (Fsp3) is 0.125. The quantitative estimate of drug-likeness (QED) is 0.458. The van der Waals surface area contributed by atoms with Gasteiger partial charge in [0.25, 0.3) is 5.69 Å². The molecule has 1 aromatic carbocycles. The molecule has 0 aliphatic rings. The van der Waals surface area contributed by atoms with Crippen molar-refractivity contribution in [3.8, 4) is 5.75 Å². The molecule has 0 aliphatic heterocycles. The van der Waals surface area contributed by atoms with Gasteiger partial charge in [-0.2, -0.15) is 0 Å². The van der Waals surface area contributed by atoms with Crippen LogP contribution in [0.25, 0.3) is 0 Å². The Bertz CT molecular complexity index is 430. The normalized spacial score (nSPS) is 10.9. The number of nitrogens with zero attached hydrogens (tertiary/aromatic N) is 1. The molecule has 0 amide bonds. The number of hydrogen-bond acceptors (Lipinski definition) is 4. The molecule has 86 valence electrons. The summed E-state index contributed by atoms with van der Waals surface area (Å²) in [6.45, 7) is 0. The van der Waals surface area contributed by atoms with Crippen molar-refractivity contribution in [2.24, 2.45) is 0 Å². The molecule has 0 aliphatic carbocycles. The summed E-state index contributed by atoms with van der Waals surface area (Å²) in [4.78, 5) is 19.8. The number of ether oxygens (including phenoxy) is 1. The molecule has 5 nitrogen and oxygen atoms in total. The molecule has 16 heavy (non-hydrogen) atoms. The monoisotopic (exact) mass is 235 g/mol. The smallest absolute Gasteiger partial charge is 0.406 e. The van der Waals surface area contributed by atoms with E-state index in [2.05, 4.69) is 4.74 Å². The van der Waals surface area contributed by atoms with Crippen LogP contribution in [-0.4, -0.2) is 17.6 Å². The minimum atomic E-state index is -4.96. The highest BCUT2D eigenvalue weighted by Crippen LogP contribution is 2.27. The van der Waals surface area contributed by atoms with E-state index < -0.39 is 22.7 Å². The van der Waals surface area contributed by atoms with Crippen LogP contribution in [0.15, 0.2) is 18.2 Å². The van der Waals surface area contributed by atoms with Crippen molar-refractivity contribution in [3.63, 3.8) is 0 Å². The van der Waals surface area contributed by atoms with Crippen LogP contribution in [0.5, 0.6) is 5.75 Å². The van der Waals surface area contributed by atoms with E-state index in [1.165, 1.54) is 0 Å². The van der Waals surface area contributed by atoms with Gasteiger partial charge in [0.1, 0.15) is 12.0 Å². The zero-order valence-electron chi connectivity index (χ0n) is 7.52. The number of rotatable bonds is 3. The topological polar surface area (TPSA) is 69.4 Å². The lowest BCUT2D eigenvalue weighted by atomic mass is 10.2. The third-order valence-corrected chi connectivity index (χ3v) is 1.49. The van der Waals surface area contributed by atoms with E-state index >= 15 is 0 Å². The molecule has 0 heterocycles. The van der Waals surface area contributed by atoms with Gasteiger partial charge in [-0.05, 0) is 6.07 Å². The predicted octanol–water partition coefficient (Wildman–Crippen LogP) is 2.31. The maximum atomic E-state index is 11.8. The Kier molecular flexibility index (Phi) is 3.11. The summed E-state index contributed by atoms with van der Waals surface area (Å²) in [5.74, 6) is -0.802. The Morgan fingerprint density at radius 1 is 1.31 bits per heavy atom. The molecule has 1 rings (SSSR count). The molecular weight excluding hydrogens is 231 g/mol. The fourth-order valence-electron chi connectivity index (χ4n) is 0.972. The molecule has 0 atom stereocenters. The Hall–Kier alpha value is -2.12. The van der Waals surface area contributed by atoms with Crippen LogP contribution in [0.1, 0.15) is 10.4 Å². The average Bonchev–Trinajstić information content (AvgIpc) is 2.14. The highest BCUT2D eigenvalue weighted by molar-refractivity contribution is 5.77. The van der Waals surface area contributed by atoms with Crippen LogP contribution < -0.4 is 4.74 Å². The lowest BCUT2D eigenvalue weighted by Crippen LogP contribution is -2.17.